The average Bonchev–Trinajstić information content (AvgIpc) is 2.68. The van der Waals surface area contributed by atoms with Crippen molar-refractivity contribution in [1.82, 2.24) is 0 Å². The molecule has 4 heteroatoms. The second kappa shape index (κ2) is 25.9. The Morgan fingerprint density at radius 3 is 1.43 bits per heavy atom. The summed E-state index contributed by atoms with van der Waals surface area (Å²) in [5.41, 5.74) is 0. The topological polar surface area (TPSA) is 26.3 Å². The van der Waals surface area contributed by atoms with Crippen molar-refractivity contribution in [2.24, 2.45) is 17.8 Å². The molecule has 0 aromatic heterocycles. The van der Waals surface area contributed by atoms with E-state index in [1.807, 2.05) is 0 Å². The summed E-state index contributed by atoms with van der Waals surface area (Å²) in [5.74, 6) is 2.57. The Bertz CT molecular complexity index is 330. The number of esters is 1. The molecule has 0 saturated heterocycles. The first-order valence-electron chi connectivity index (χ1n) is 12.8. The molecule has 0 fully saturated rings. The average molecular weight is 549 g/mol. The first-order valence-corrected chi connectivity index (χ1v) is 17.4. The van der Waals surface area contributed by atoms with Gasteiger partial charge in [-0.25, -0.2) is 0 Å². The molecule has 2 nitrogen and oxygen atoms in total. The first-order chi connectivity index (χ1) is 14.3. The molecular weight excluding hydrogens is 495 g/mol. The van der Waals surface area contributed by atoms with E-state index in [-0.39, 0.29) is 32.9 Å². The molecule has 0 aliphatic carbocycles. The molecular formula is C26H54O2SSn. The van der Waals surface area contributed by atoms with Crippen molar-refractivity contribution >= 4 is 39.7 Å². The Kier molecular flexibility index (Phi) is 28.3. The van der Waals surface area contributed by atoms with E-state index < -0.39 is 0 Å². The molecule has 0 spiro atoms. The van der Waals surface area contributed by atoms with Crippen LogP contribution in [0.25, 0.3) is 0 Å². The van der Waals surface area contributed by atoms with E-state index in [4.69, 9.17) is 4.74 Å². The third-order valence-electron chi connectivity index (χ3n) is 5.09. The number of hydrogen-bond acceptors (Lipinski definition) is 3. The van der Waals surface area contributed by atoms with Crippen LogP contribution in [0, 0.1) is 17.8 Å². The summed E-state index contributed by atoms with van der Waals surface area (Å²) in [6, 6.07) is 0. The van der Waals surface area contributed by atoms with E-state index in [0.29, 0.717) is 6.61 Å². The van der Waals surface area contributed by atoms with Crippen LogP contribution in [-0.2, 0) is 9.53 Å². The van der Waals surface area contributed by atoms with Crippen LogP contribution in [0.1, 0.15) is 119 Å². The SMILES string of the molecule is CC(C)CCCCCOC(=O)CS.CC(C)CCCC[CH2][Sn][CH2]CCCCC(C)C. The second-order valence-electron chi connectivity index (χ2n) is 9.86. The summed E-state index contributed by atoms with van der Waals surface area (Å²) in [7, 11) is 0. The predicted molar refractivity (Wildman–Crippen MR) is 140 cm³/mol. The molecule has 0 N–H and O–H groups in total. The monoisotopic (exact) mass is 550 g/mol. The van der Waals surface area contributed by atoms with Crippen molar-refractivity contribution in [2.75, 3.05) is 12.4 Å². The molecule has 2 radical (unpaired) electrons. The van der Waals surface area contributed by atoms with E-state index in [9.17, 15) is 4.79 Å². The van der Waals surface area contributed by atoms with Crippen LogP contribution >= 0.6 is 12.6 Å². The fraction of sp³-hybridized carbons (Fsp3) is 0.962. The quantitative estimate of drug-likeness (QED) is 0.0756. The van der Waals surface area contributed by atoms with Crippen molar-refractivity contribution < 1.29 is 9.53 Å². The predicted octanol–water partition coefficient (Wildman–Crippen LogP) is 8.64. The van der Waals surface area contributed by atoms with Gasteiger partial charge in [-0.1, -0.05) is 33.1 Å². The fourth-order valence-electron chi connectivity index (χ4n) is 3.15. The maximum absolute atomic E-state index is 10.7. The van der Waals surface area contributed by atoms with E-state index in [2.05, 4.69) is 54.2 Å². The van der Waals surface area contributed by atoms with Crippen molar-refractivity contribution in [1.29, 1.82) is 0 Å². The molecule has 0 rings (SSSR count). The number of thiol groups is 1. The van der Waals surface area contributed by atoms with Crippen LogP contribution in [0.4, 0.5) is 0 Å². The van der Waals surface area contributed by atoms with Crippen LogP contribution < -0.4 is 0 Å². The first kappa shape index (κ1) is 32.8. The summed E-state index contributed by atoms with van der Waals surface area (Å²) in [5, 5.41) is 0. The molecule has 0 aliphatic rings. The summed E-state index contributed by atoms with van der Waals surface area (Å²) in [4.78, 5) is 10.7. The van der Waals surface area contributed by atoms with E-state index >= 15 is 0 Å². The summed E-state index contributed by atoms with van der Waals surface area (Å²) in [6.07, 6.45) is 16.6. The Morgan fingerprint density at radius 2 is 1.07 bits per heavy atom. The summed E-state index contributed by atoms with van der Waals surface area (Å²) in [6.45, 7) is 14.4. The van der Waals surface area contributed by atoms with E-state index in [1.54, 1.807) is 21.7 Å². The number of hydrogen-bond donors (Lipinski definition) is 1. The molecule has 0 atom stereocenters. The zero-order valence-electron chi connectivity index (χ0n) is 21.3. The number of unbranched alkanes of at least 4 members (excludes halogenated alkanes) is 6. The molecule has 0 heterocycles. The number of carbonyl (C=O) groups is 1. The molecule has 0 amide bonds. The van der Waals surface area contributed by atoms with Crippen LogP contribution in [0.2, 0.25) is 8.87 Å². The van der Waals surface area contributed by atoms with Crippen molar-refractivity contribution in [3.63, 3.8) is 0 Å². The summed E-state index contributed by atoms with van der Waals surface area (Å²) < 4.78 is 8.17. The molecule has 0 aromatic carbocycles. The van der Waals surface area contributed by atoms with Gasteiger partial charge in [0.2, 0.25) is 0 Å². The number of carbonyl (C=O) groups excluding carboxylic acids is 1. The normalized spacial score (nSPS) is 11.1. The van der Waals surface area contributed by atoms with Gasteiger partial charge in [-0.3, -0.25) is 4.79 Å². The van der Waals surface area contributed by atoms with Gasteiger partial charge in [0, 0.05) is 0 Å². The Labute approximate surface area is 206 Å². The van der Waals surface area contributed by atoms with Crippen LogP contribution in [-0.4, -0.2) is 39.5 Å². The van der Waals surface area contributed by atoms with Gasteiger partial charge in [-0.2, -0.15) is 12.6 Å². The van der Waals surface area contributed by atoms with Gasteiger partial charge < -0.3 is 4.74 Å². The molecule has 180 valence electrons. The van der Waals surface area contributed by atoms with Crippen LogP contribution in [0.3, 0.4) is 0 Å². The molecule has 0 bridgehead atoms. The van der Waals surface area contributed by atoms with Gasteiger partial charge in [-0.15, -0.1) is 0 Å². The van der Waals surface area contributed by atoms with Crippen LogP contribution in [0.15, 0.2) is 0 Å². The fourth-order valence-corrected chi connectivity index (χ4v) is 6.81. The molecule has 0 unspecified atom stereocenters. The van der Waals surface area contributed by atoms with E-state index in [1.165, 1.54) is 51.4 Å². The van der Waals surface area contributed by atoms with Crippen molar-refractivity contribution in [3.8, 4) is 0 Å². The number of ether oxygens (including phenoxy) is 1. The van der Waals surface area contributed by atoms with Gasteiger partial charge in [0.05, 0.1) is 12.4 Å². The maximum atomic E-state index is 10.7. The van der Waals surface area contributed by atoms with Crippen LogP contribution in [0.5, 0.6) is 0 Å². The van der Waals surface area contributed by atoms with Crippen molar-refractivity contribution in [3.05, 3.63) is 0 Å². The minimum atomic E-state index is -0.216. The molecule has 0 saturated carbocycles. The van der Waals surface area contributed by atoms with Crippen molar-refractivity contribution in [2.45, 2.75) is 127 Å². The zero-order chi connectivity index (χ0) is 23.0. The summed E-state index contributed by atoms with van der Waals surface area (Å²) >= 11 is 3.87. The number of rotatable bonds is 19. The van der Waals surface area contributed by atoms with Gasteiger partial charge in [0.1, 0.15) is 0 Å². The Hall–Kier alpha value is 0.619. The molecule has 30 heavy (non-hydrogen) atoms. The molecule has 0 aliphatic heterocycles. The van der Waals surface area contributed by atoms with Gasteiger partial charge in [-0.05, 0) is 12.3 Å². The third-order valence-corrected chi connectivity index (χ3v) is 9.38. The second-order valence-corrected chi connectivity index (χ2v) is 14.5. The third kappa shape index (κ3) is 33.3. The van der Waals surface area contributed by atoms with E-state index in [0.717, 1.165) is 30.6 Å². The molecule has 0 aromatic rings. The van der Waals surface area contributed by atoms with Gasteiger partial charge in [0.25, 0.3) is 0 Å². The standard InChI is InChI=1S/C10H20O2S.2C8H17.Sn/c1-9(2)6-4-3-5-7-12-10(11)8-13;2*1-4-5-6-7-8(2)3;/h9,13H,3-8H2,1-2H3;2*8H,1,4-7H2,2-3H3;. The Morgan fingerprint density at radius 1 is 0.667 bits per heavy atom. The van der Waals surface area contributed by atoms with Gasteiger partial charge >= 0.3 is 127 Å². The zero-order valence-corrected chi connectivity index (χ0v) is 25.1. The Balaban J connectivity index is 0. The minimum absolute atomic E-state index is 0.0570. The van der Waals surface area contributed by atoms with Gasteiger partial charge in [0.15, 0.2) is 0 Å².